The number of rotatable bonds is 8. The molecule has 0 aliphatic carbocycles. The van der Waals surface area contributed by atoms with Gasteiger partial charge in [-0.25, -0.2) is 0 Å². The molecule has 0 amide bonds. The molecule has 5 heteroatoms. The third-order valence-electron chi connectivity index (χ3n) is 3.12. The molecule has 0 aromatic carbocycles. The molecule has 21 heavy (non-hydrogen) atoms. The summed E-state index contributed by atoms with van der Waals surface area (Å²) >= 11 is 0. The minimum Gasteiger partial charge on any atom is -0.490 e. The Kier molecular flexibility index (Phi) is 6.62. The van der Waals surface area contributed by atoms with Gasteiger partial charge in [0.2, 0.25) is 0 Å². The number of aromatic nitrogens is 1. The molecule has 1 aromatic rings. The summed E-state index contributed by atoms with van der Waals surface area (Å²) in [4.78, 5) is 16.2. The van der Waals surface area contributed by atoms with Crippen LogP contribution in [-0.4, -0.2) is 31.2 Å². The number of carbonyl (C=O) groups is 1. The Hall–Kier alpha value is -1.62. The lowest BCUT2D eigenvalue weighted by Gasteiger charge is -2.22. The molecule has 1 rings (SSSR count). The van der Waals surface area contributed by atoms with Crippen LogP contribution >= 0.6 is 0 Å². The Labute approximate surface area is 127 Å². The molecular weight excluding hydrogens is 268 g/mol. The van der Waals surface area contributed by atoms with Crippen LogP contribution in [0.25, 0.3) is 0 Å². The lowest BCUT2D eigenvalue weighted by atomic mass is 9.95. The van der Waals surface area contributed by atoms with Crippen LogP contribution in [0.15, 0.2) is 12.1 Å². The van der Waals surface area contributed by atoms with Crippen molar-refractivity contribution in [2.75, 3.05) is 20.3 Å². The number of methoxy groups -OCH3 is 1. The fourth-order valence-electron chi connectivity index (χ4n) is 1.83. The quantitative estimate of drug-likeness (QED) is 0.589. The molecule has 0 bridgehead atoms. The average Bonchev–Trinajstić information content (AvgIpc) is 2.45. The molecule has 0 spiro atoms. The van der Waals surface area contributed by atoms with Crippen molar-refractivity contribution in [2.24, 2.45) is 5.41 Å². The van der Waals surface area contributed by atoms with Gasteiger partial charge in [0.05, 0.1) is 18.2 Å². The molecule has 0 fully saturated rings. The fraction of sp³-hybridized carbons (Fsp3) is 0.625. The van der Waals surface area contributed by atoms with Gasteiger partial charge in [-0.05, 0) is 45.9 Å². The first-order valence-electron chi connectivity index (χ1n) is 7.29. The summed E-state index contributed by atoms with van der Waals surface area (Å²) in [5, 5.41) is 3.32. The molecule has 0 saturated heterocycles. The Balaban J connectivity index is 2.75. The number of esters is 1. The summed E-state index contributed by atoms with van der Waals surface area (Å²) in [6, 6.07) is 3.81. The van der Waals surface area contributed by atoms with Crippen molar-refractivity contribution in [3.05, 3.63) is 23.5 Å². The molecule has 0 aliphatic rings. The fourth-order valence-corrected chi connectivity index (χ4v) is 1.83. The van der Waals surface area contributed by atoms with Gasteiger partial charge in [-0.1, -0.05) is 6.92 Å². The van der Waals surface area contributed by atoms with Gasteiger partial charge in [0.25, 0.3) is 0 Å². The second kappa shape index (κ2) is 7.98. The molecule has 1 heterocycles. The highest BCUT2D eigenvalue weighted by molar-refractivity contribution is 5.75. The zero-order valence-corrected chi connectivity index (χ0v) is 13.7. The van der Waals surface area contributed by atoms with Gasteiger partial charge in [0.1, 0.15) is 12.4 Å². The van der Waals surface area contributed by atoms with E-state index in [-0.39, 0.29) is 12.6 Å². The predicted octanol–water partition coefficient (Wildman–Crippen LogP) is 2.47. The van der Waals surface area contributed by atoms with Gasteiger partial charge in [-0.15, -0.1) is 0 Å². The summed E-state index contributed by atoms with van der Waals surface area (Å²) in [5.74, 6) is 0.425. The summed E-state index contributed by atoms with van der Waals surface area (Å²) < 4.78 is 10.6. The van der Waals surface area contributed by atoms with E-state index in [4.69, 9.17) is 9.47 Å². The predicted molar refractivity (Wildman–Crippen MR) is 82.3 cm³/mol. The zero-order chi connectivity index (χ0) is 15.9. The summed E-state index contributed by atoms with van der Waals surface area (Å²) in [7, 11) is 1.39. The van der Waals surface area contributed by atoms with E-state index in [9.17, 15) is 4.79 Å². The summed E-state index contributed by atoms with van der Waals surface area (Å²) in [6.07, 6.45) is 1.07. The number of pyridine rings is 1. The number of carbonyl (C=O) groups excluding carboxylic acids is 1. The molecule has 0 aliphatic heterocycles. The Morgan fingerprint density at radius 3 is 2.71 bits per heavy atom. The maximum Gasteiger partial charge on any atom is 0.314 e. The van der Waals surface area contributed by atoms with Gasteiger partial charge in [-0.2, -0.15) is 0 Å². The van der Waals surface area contributed by atoms with Crippen LogP contribution in [0.4, 0.5) is 0 Å². The second-order valence-corrected chi connectivity index (χ2v) is 5.74. The highest BCUT2D eigenvalue weighted by Gasteiger charge is 2.30. The van der Waals surface area contributed by atoms with E-state index in [0.717, 1.165) is 24.4 Å². The first-order valence-corrected chi connectivity index (χ1v) is 7.29. The maximum absolute atomic E-state index is 11.7. The standard InChI is InChI=1S/C16H26N2O3/c1-6-9-17-10-13-14(8-7-12(2)18-13)21-11-16(3,4)15(19)20-5/h7-8,17H,6,9-11H2,1-5H3. The van der Waals surface area contributed by atoms with Crippen LogP contribution in [0.5, 0.6) is 5.75 Å². The average molecular weight is 294 g/mol. The largest absolute Gasteiger partial charge is 0.490 e. The van der Waals surface area contributed by atoms with Crippen LogP contribution in [-0.2, 0) is 16.1 Å². The van der Waals surface area contributed by atoms with E-state index < -0.39 is 5.41 Å². The van der Waals surface area contributed by atoms with Gasteiger partial charge in [0, 0.05) is 12.2 Å². The van der Waals surface area contributed by atoms with Crippen molar-refractivity contribution >= 4 is 5.97 Å². The van der Waals surface area contributed by atoms with Crippen molar-refractivity contribution in [1.29, 1.82) is 0 Å². The third-order valence-corrected chi connectivity index (χ3v) is 3.12. The summed E-state index contributed by atoms with van der Waals surface area (Å²) in [5.41, 5.74) is 1.13. The van der Waals surface area contributed by atoms with Gasteiger partial charge < -0.3 is 14.8 Å². The Morgan fingerprint density at radius 1 is 1.38 bits per heavy atom. The number of nitrogens with zero attached hydrogens (tertiary/aromatic N) is 1. The van der Waals surface area contributed by atoms with E-state index in [1.807, 2.05) is 19.1 Å². The lowest BCUT2D eigenvalue weighted by molar-refractivity contribution is -0.152. The normalized spacial score (nSPS) is 11.3. The molecule has 0 radical (unpaired) electrons. The highest BCUT2D eigenvalue weighted by atomic mass is 16.5. The SMILES string of the molecule is CCCNCc1nc(C)ccc1OCC(C)(C)C(=O)OC. The number of aryl methyl sites for hydroxylation is 1. The minimum atomic E-state index is -0.687. The van der Waals surface area contributed by atoms with Crippen molar-refractivity contribution in [1.82, 2.24) is 10.3 Å². The lowest BCUT2D eigenvalue weighted by Crippen LogP contribution is -2.32. The van der Waals surface area contributed by atoms with Crippen molar-refractivity contribution in [3.63, 3.8) is 0 Å². The third kappa shape index (κ3) is 5.34. The van der Waals surface area contributed by atoms with Crippen LogP contribution in [0, 0.1) is 12.3 Å². The number of hydrogen-bond donors (Lipinski definition) is 1. The van der Waals surface area contributed by atoms with Crippen LogP contribution in [0.2, 0.25) is 0 Å². The van der Waals surface area contributed by atoms with Crippen LogP contribution in [0.1, 0.15) is 38.6 Å². The molecule has 1 N–H and O–H groups in total. The first-order chi connectivity index (χ1) is 9.90. The highest BCUT2D eigenvalue weighted by Crippen LogP contribution is 2.22. The Bertz CT molecular complexity index is 473. The van der Waals surface area contributed by atoms with Gasteiger partial charge >= 0.3 is 5.97 Å². The maximum atomic E-state index is 11.7. The molecule has 1 aromatic heterocycles. The van der Waals surface area contributed by atoms with Crippen molar-refractivity contribution in [3.8, 4) is 5.75 Å². The van der Waals surface area contributed by atoms with Gasteiger partial charge in [0.15, 0.2) is 0 Å². The van der Waals surface area contributed by atoms with E-state index >= 15 is 0 Å². The monoisotopic (exact) mass is 294 g/mol. The van der Waals surface area contributed by atoms with E-state index in [2.05, 4.69) is 17.2 Å². The molecule has 118 valence electrons. The first kappa shape index (κ1) is 17.4. The second-order valence-electron chi connectivity index (χ2n) is 5.74. The topological polar surface area (TPSA) is 60.5 Å². The minimum absolute atomic E-state index is 0.255. The van der Waals surface area contributed by atoms with Gasteiger partial charge in [-0.3, -0.25) is 9.78 Å². The van der Waals surface area contributed by atoms with Crippen molar-refractivity contribution in [2.45, 2.75) is 40.7 Å². The molecule has 5 nitrogen and oxygen atoms in total. The van der Waals surface area contributed by atoms with Crippen LogP contribution in [0.3, 0.4) is 0 Å². The smallest absolute Gasteiger partial charge is 0.314 e. The molecular formula is C16H26N2O3. The zero-order valence-electron chi connectivity index (χ0n) is 13.7. The number of hydrogen-bond acceptors (Lipinski definition) is 5. The van der Waals surface area contributed by atoms with Crippen LogP contribution < -0.4 is 10.1 Å². The molecule has 0 saturated carbocycles. The number of ether oxygens (including phenoxy) is 2. The summed E-state index contributed by atoms with van der Waals surface area (Å²) in [6.45, 7) is 9.51. The Morgan fingerprint density at radius 2 is 2.10 bits per heavy atom. The molecule has 0 unspecified atom stereocenters. The van der Waals surface area contributed by atoms with E-state index in [0.29, 0.717) is 12.3 Å². The molecule has 0 atom stereocenters. The van der Waals surface area contributed by atoms with E-state index in [1.165, 1.54) is 7.11 Å². The number of nitrogens with one attached hydrogen (secondary N) is 1. The van der Waals surface area contributed by atoms with E-state index in [1.54, 1.807) is 13.8 Å². The van der Waals surface area contributed by atoms with Crippen molar-refractivity contribution < 1.29 is 14.3 Å².